The summed E-state index contributed by atoms with van der Waals surface area (Å²) >= 11 is 4.58. The van der Waals surface area contributed by atoms with Crippen molar-refractivity contribution in [3.05, 3.63) is 25.3 Å². The van der Waals surface area contributed by atoms with Gasteiger partial charge in [0.05, 0.1) is 12.0 Å². The minimum absolute atomic E-state index is 1.10. The van der Waals surface area contributed by atoms with E-state index in [0.717, 1.165) is 5.69 Å². The summed E-state index contributed by atoms with van der Waals surface area (Å²) in [5.74, 6) is 0. The topological polar surface area (TPSA) is 24.4 Å². The minimum atomic E-state index is 1.10. The van der Waals surface area contributed by atoms with E-state index in [1.807, 2.05) is 0 Å². The number of benzene rings is 1. The van der Waals surface area contributed by atoms with E-state index in [4.69, 9.17) is 0 Å². The first-order valence-corrected chi connectivity index (χ1v) is 5.52. The summed E-state index contributed by atoms with van der Waals surface area (Å²) < 4.78 is 2.42. The van der Waals surface area contributed by atoms with Crippen LogP contribution in [0.25, 0.3) is 0 Å². The summed E-state index contributed by atoms with van der Waals surface area (Å²) in [6.45, 7) is 0. The van der Waals surface area contributed by atoms with E-state index in [-0.39, 0.29) is 0 Å². The van der Waals surface area contributed by atoms with Gasteiger partial charge in [0.2, 0.25) is 0 Å². The molecule has 1 rings (SSSR count). The van der Waals surface area contributed by atoms with E-state index in [2.05, 4.69) is 73.7 Å². The van der Waals surface area contributed by atoms with Gasteiger partial charge in [-0.15, -0.1) is 0 Å². The molecule has 64 valence electrons. The molecule has 0 aliphatic rings. The van der Waals surface area contributed by atoms with Crippen LogP contribution in [-0.2, 0) is 0 Å². The number of aliphatic imine (C=N–C) groups is 1. The number of hydrogen-bond acceptors (Lipinski definition) is 1. The van der Waals surface area contributed by atoms with Gasteiger partial charge in [0.25, 0.3) is 0 Å². The molecule has 2 nitrogen and oxygen atoms in total. The van der Waals surface area contributed by atoms with E-state index in [1.54, 1.807) is 13.4 Å². The smallest absolute Gasteiger partial charge is 0.0864 e. The Bertz CT molecular complexity index is 297. The van der Waals surface area contributed by atoms with E-state index < -0.39 is 0 Å². The van der Waals surface area contributed by atoms with Crippen LogP contribution in [0.2, 0.25) is 0 Å². The normalized spacial score (nSPS) is 10.6. The predicted octanol–water partition coefficient (Wildman–Crippen LogP) is 2.97. The van der Waals surface area contributed by atoms with Crippen LogP contribution in [0.5, 0.6) is 0 Å². The molecular weight excluding hydrogens is 378 g/mol. The molecule has 0 unspecified atom stereocenters. The fourth-order valence-electron chi connectivity index (χ4n) is 0.742. The summed E-state index contributed by atoms with van der Waals surface area (Å²) in [6.07, 6.45) is 1.69. The van der Waals surface area contributed by atoms with Crippen molar-refractivity contribution >= 4 is 57.2 Å². The molecule has 0 heterocycles. The number of halogens is 2. The molecule has 0 aliphatic heterocycles. The molecule has 0 bridgehead atoms. The molecule has 0 saturated carbocycles. The third kappa shape index (κ3) is 2.89. The Hall–Kier alpha value is 0.150. The SMILES string of the molecule is CN=CNc1cc(I)ccc1I. The van der Waals surface area contributed by atoms with Crippen LogP contribution in [0.4, 0.5) is 5.69 Å². The van der Waals surface area contributed by atoms with Crippen molar-refractivity contribution in [1.29, 1.82) is 0 Å². The molecule has 4 heteroatoms. The fourth-order valence-corrected chi connectivity index (χ4v) is 1.72. The van der Waals surface area contributed by atoms with Crippen LogP contribution in [0, 0.1) is 7.14 Å². The maximum atomic E-state index is 3.86. The lowest BCUT2D eigenvalue weighted by molar-refractivity contribution is 1.45. The van der Waals surface area contributed by atoms with Crippen molar-refractivity contribution in [2.24, 2.45) is 4.99 Å². The summed E-state index contributed by atoms with van der Waals surface area (Å²) in [7, 11) is 1.74. The first kappa shape index (κ1) is 10.2. The Kier molecular flexibility index (Phi) is 4.27. The molecule has 1 aromatic carbocycles. The lowest BCUT2D eigenvalue weighted by Gasteiger charge is -2.03. The molecule has 0 atom stereocenters. The summed E-state index contributed by atoms with van der Waals surface area (Å²) in [5, 5.41) is 3.10. The number of nitrogens with one attached hydrogen (secondary N) is 1. The molecule has 0 radical (unpaired) electrons. The van der Waals surface area contributed by atoms with Crippen LogP contribution in [0.3, 0.4) is 0 Å². The van der Waals surface area contributed by atoms with Gasteiger partial charge < -0.3 is 5.32 Å². The molecule has 12 heavy (non-hydrogen) atoms. The van der Waals surface area contributed by atoms with E-state index in [1.165, 1.54) is 7.14 Å². The van der Waals surface area contributed by atoms with Crippen LogP contribution in [0.15, 0.2) is 23.2 Å². The Morgan fingerprint density at radius 2 is 2.17 bits per heavy atom. The zero-order chi connectivity index (χ0) is 8.97. The van der Waals surface area contributed by atoms with Gasteiger partial charge in [0.1, 0.15) is 0 Å². The predicted molar refractivity (Wildman–Crippen MR) is 69.9 cm³/mol. The number of anilines is 1. The van der Waals surface area contributed by atoms with Crippen LogP contribution in [-0.4, -0.2) is 13.4 Å². The van der Waals surface area contributed by atoms with Crippen molar-refractivity contribution < 1.29 is 0 Å². The maximum absolute atomic E-state index is 3.86. The maximum Gasteiger partial charge on any atom is 0.0864 e. The zero-order valence-corrected chi connectivity index (χ0v) is 10.8. The van der Waals surface area contributed by atoms with Gasteiger partial charge >= 0.3 is 0 Å². The van der Waals surface area contributed by atoms with E-state index in [9.17, 15) is 0 Å². The molecule has 0 aliphatic carbocycles. The molecular formula is C8H8I2N2. The highest BCUT2D eigenvalue weighted by Gasteiger charge is 1.96. The average molecular weight is 386 g/mol. The molecule has 1 aromatic rings. The molecule has 1 N–H and O–H groups in total. The lowest BCUT2D eigenvalue weighted by atomic mass is 10.3. The quantitative estimate of drug-likeness (QED) is 0.472. The van der Waals surface area contributed by atoms with Gasteiger partial charge in [-0.1, -0.05) is 0 Å². The molecule has 0 saturated heterocycles. The van der Waals surface area contributed by atoms with E-state index >= 15 is 0 Å². The molecule has 0 spiro atoms. The number of nitrogens with zero attached hydrogens (tertiary/aromatic N) is 1. The highest BCUT2D eigenvalue weighted by molar-refractivity contribution is 14.1. The highest BCUT2D eigenvalue weighted by atomic mass is 127. The first-order chi connectivity index (χ1) is 5.74. The highest BCUT2D eigenvalue weighted by Crippen LogP contribution is 2.19. The summed E-state index contributed by atoms with van der Waals surface area (Å²) in [4.78, 5) is 3.86. The molecule has 0 aromatic heterocycles. The van der Waals surface area contributed by atoms with E-state index in [0.29, 0.717) is 0 Å². The zero-order valence-electron chi connectivity index (χ0n) is 6.51. The van der Waals surface area contributed by atoms with Crippen molar-refractivity contribution in [1.82, 2.24) is 0 Å². The number of hydrogen-bond donors (Lipinski definition) is 1. The second-order valence-corrected chi connectivity index (χ2v) is 4.56. The summed E-state index contributed by atoms with van der Waals surface area (Å²) in [5.41, 5.74) is 1.10. The van der Waals surface area contributed by atoms with Gasteiger partial charge in [-0.25, -0.2) is 0 Å². The third-order valence-corrected chi connectivity index (χ3v) is 2.89. The monoisotopic (exact) mass is 386 g/mol. The largest absolute Gasteiger partial charge is 0.346 e. The van der Waals surface area contributed by atoms with Crippen LogP contribution < -0.4 is 5.32 Å². The van der Waals surface area contributed by atoms with Crippen molar-refractivity contribution in [2.45, 2.75) is 0 Å². The van der Waals surface area contributed by atoms with Crippen LogP contribution in [0.1, 0.15) is 0 Å². The molecule has 0 amide bonds. The van der Waals surface area contributed by atoms with Crippen molar-refractivity contribution in [2.75, 3.05) is 12.4 Å². The van der Waals surface area contributed by atoms with Crippen LogP contribution >= 0.6 is 45.2 Å². The van der Waals surface area contributed by atoms with Gasteiger partial charge in [-0.05, 0) is 63.4 Å². The number of rotatable bonds is 2. The standard InChI is InChI=1S/C8H8I2N2/c1-11-5-12-8-4-6(9)2-3-7(8)10/h2-5H,1H3,(H,11,12). The van der Waals surface area contributed by atoms with Crippen molar-refractivity contribution in [3.63, 3.8) is 0 Å². The fraction of sp³-hybridized carbons (Fsp3) is 0.125. The molecule has 0 fully saturated rings. The van der Waals surface area contributed by atoms with Gasteiger partial charge in [0, 0.05) is 14.2 Å². The van der Waals surface area contributed by atoms with Gasteiger partial charge in [-0.2, -0.15) is 0 Å². The first-order valence-electron chi connectivity index (χ1n) is 3.36. The van der Waals surface area contributed by atoms with Gasteiger partial charge in [0.15, 0.2) is 0 Å². The average Bonchev–Trinajstić information content (AvgIpc) is 2.07. The Morgan fingerprint density at radius 1 is 1.42 bits per heavy atom. The van der Waals surface area contributed by atoms with Crippen molar-refractivity contribution in [3.8, 4) is 0 Å². The summed E-state index contributed by atoms with van der Waals surface area (Å²) in [6, 6.07) is 6.24. The second-order valence-electron chi connectivity index (χ2n) is 2.16. The Morgan fingerprint density at radius 3 is 2.83 bits per heavy atom. The lowest BCUT2D eigenvalue weighted by Crippen LogP contribution is -1.96. The van der Waals surface area contributed by atoms with Gasteiger partial charge in [-0.3, -0.25) is 4.99 Å². The second kappa shape index (κ2) is 5.00. The Labute approximate surface area is 99.1 Å². The Balaban J connectivity index is 2.89. The third-order valence-electron chi connectivity index (χ3n) is 1.28. The minimum Gasteiger partial charge on any atom is -0.346 e.